The smallest absolute Gasteiger partial charge is 0.356 e. The summed E-state index contributed by atoms with van der Waals surface area (Å²) in [5.41, 5.74) is -1.12. The molecule has 1 N–H and O–H groups in total. The number of carbonyl (C=O) groups is 2. The van der Waals surface area contributed by atoms with Crippen molar-refractivity contribution in [2.45, 2.75) is 38.5 Å². The molecule has 0 spiro atoms. The molecule has 1 aromatic rings. The van der Waals surface area contributed by atoms with Crippen molar-refractivity contribution in [3.8, 4) is 0 Å². The lowest BCUT2D eigenvalue weighted by Crippen LogP contribution is -2.39. The van der Waals surface area contributed by atoms with E-state index in [4.69, 9.17) is 0 Å². The van der Waals surface area contributed by atoms with Crippen LogP contribution >= 0.6 is 0 Å². The lowest BCUT2D eigenvalue weighted by Gasteiger charge is -2.19. The van der Waals surface area contributed by atoms with Gasteiger partial charge in [-0.15, -0.1) is 10.2 Å². The first-order chi connectivity index (χ1) is 9.70. The zero-order chi connectivity index (χ0) is 15.8. The molecule has 21 heavy (non-hydrogen) atoms. The number of nitrogens with zero attached hydrogens (tertiary/aromatic N) is 3. The molecule has 0 radical (unpaired) electrons. The predicted octanol–water partition coefficient (Wildman–Crippen LogP) is 1.44. The maximum Gasteiger partial charge on any atom is 0.435 e. The summed E-state index contributed by atoms with van der Waals surface area (Å²) in [5, 5.41) is 9.05. The molecule has 1 aliphatic rings. The van der Waals surface area contributed by atoms with Gasteiger partial charge in [0.1, 0.15) is 11.9 Å². The van der Waals surface area contributed by atoms with Gasteiger partial charge in [-0.05, 0) is 26.0 Å². The Kier molecular flexibility index (Phi) is 3.84. The molecule has 2 amide bonds. The Balaban J connectivity index is 2.09. The summed E-state index contributed by atoms with van der Waals surface area (Å²) in [6.07, 6.45) is -4.63. The van der Waals surface area contributed by atoms with Gasteiger partial charge in [0.25, 0.3) is 5.91 Å². The van der Waals surface area contributed by atoms with Crippen molar-refractivity contribution in [2.24, 2.45) is 0 Å². The molecule has 1 fully saturated rings. The second-order valence-corrected chi connectivity index (χ2v) is 4.90. The van der Waals surface area contributed by atoms with E-state index in [0.29, 0.717) is 0 Å². The maximum atomic E-state index is 12.3. The van der Waals surface area contributed by atoms with Crippen LogP contribution in [0.25, 0.3) is 0 Å². The van der Waals surface area contributed by atoms with Crippen molar-refractivity contribution in [2.75, 3.05) is 5.32 Å². The zero-order valence-corrected chi connectivity index (χ0v) is 11.3. The van der Waals surface area contributed by atoms with Crippen molar-refractivity contribution < 1.29 is 22.8 Å². The monoisotopic (exact) mass is 302 g/mol. The van der Waals surface area contributed by atoms with Gasteiger partial charge in [0.2, 0.25) is 5.91 Å². The third kappa shape index (κ3) is 3.11. The summed E-state index contributed by atoms with van der Waals surface area (Å²) in [5.74, 6) is -0.733. The molecule has 6 nitrogen and oxygen atoms in total. The number of imide groups is 1. The minimum absolute atomic E-state index is 0.0137. The molecule has 114 valence electrons. The molecular weight excluding hydrogens is 289 g/mol. The average molecular weight is 302 g/mol. The number of carbonyl (C=O) groups excluding carboxylic acids is 2. The highest BCUT2D eigenvalue weighted by Gasteiger charge is 2.40. The molecule has 0 aromatic carbocycles. The number of rotatable bonds is 3. The minimum atomic E-state index is -4.57. The second-order valence-electron chi connectivity index (χ2n) is 4.90. The molecule has 9 heteroatoms. The molecule has 1 aromatic heterocycles. The second kappa shape index (κ2) is 5.30. The van der Waals surface area contributed by atoms with E-state index < -0.39 is 23.8 Å². The van der Waals surface area contributed by atoms with Crippen molar-refractivity contribution in [3.05, 3.63) is 17.8 Å². The molecule has 1 saturated heterocycles. The molecule has 0 bridgehead atoms. The standard InChI is InChI=1S/C12H13F3N4O2/c1-6(2)19-10(20)5-7(11(19)21)16-9-4-3-8(17-18-9)12(13,14)15/h3-4,6-7H,5H2,1-2H3,(H,16,18). The molecule has 1 unspecified atom stereocenters. The molecule has 1 aliphatic heterocycles. The van der Waals surface area contributed by atoms with Crippen molar-refractivity contribution in [3.63, 3.8) is 0 Å². The van der Waals surface area contributed by atoms with Gasteiger partial charge in [0.05, 0.1) is 6.42 Å². The van der Waals surface area contributed by atoms with Crippen LogP contribution in [0.15, 0.2) is 12.1 Å². The normalized spacial score (nSPS) is 19.5. The number of hydrogen-bond acceptors (Lipinski definition) is 5. The van der Waals surface area contributed by atoms with Crippen molar-refractivity contribution >= 4 is 17.6 Å². The minimum Gasteiger partial charge on any atom is -0.356 e. The van der Waals surface area contributed by atoms with Crippen LogP contribution in [-0.2, 0) is 15.8 Å². The van der Waals surface area contributed by atoms with E-state index in [0.717, 1.165) is 17.0 Å². The van der Waals surface area contributed by atoms with Gasteiger partial charge in [-0.25, -0.2) is 0 Å². The Bertz CT molecular complexity index is 557. The first-order valence-electron chi connectivity index (χ1n) is 6.23. The van der Waals surface area contributed by atoms with Crippen LogP contribution in [0.3, 0.4) is 0 Å². The van der Waals surface area contributed by atoms with Crippen LogP contribution in [0.5, 0.6) is 0 Å². The fourth-order valence-corrected chi connectivity index (χ4v) is 2.05. The number of halogens is 3. The molecule has 2 rings (SSSR count). The maximum absolute atomic E-state index is 12.3. The number of likely N-dealkylation sites (tertiary alicyclic amines) is 1. The Labute approximate surface area is 118 Å². The molecule has 1 atom stereocenters. The van der Waals surface area contributed by atoms with Crippen molar-refractivity contribution in [1.82, 2.24) is 15.1 Å². The number of alkyl halides is 3. The third-order valence-corrected chi connectivity index (χ3v) is 2.98. The van der Waals surface area contributed by atoms with Gasteiger partial charge in [-0.2, -0.15) is 13.2 Å². The Morgan fingerprint density at radius 1 is 1.29 bits per heavy atom. The number of hydrogen-bond donors (Lipinski definition) is 1. The van der Waals surface area contributed by atoms with Crippen LogP contribution in [0.4, 0.5) is 19.0 Å². The van der Waals surface area contributed by atoms with E-state index in [2.05, 4.69) is 15.5 Å². The van der Waals surface area contributed by atoms with E-state index in [1.54, 1.807) is 13.8 Å². The van der Waals surface area contributed by atoms with E-state index in [9.17, 15) is 22.8 Å². The van der Waals surface area contributed by atoms with Gasteiger partial charge in [0, 0.05) is 6.04 Å². The Hall–Kier alpha value is -2.19. The van der Waals surface area contributed by atoms with Crippen LogP contribution in [0.1, 0.15) is 26.0 Å². The summed E-state index contributed by atoms with van der Waals surface area (Å²) >= 11 is 0. The predicted molar refractivity (Wildman–Crippen MR) is 66.1 cm³/mol. The average Bonchev–Trinajstić information content (AvgIpc) is 2.64. The summed E-state index contributed by atoms with van der Waals surface area (Å²) in [7, 11) is 0. The highest BCUT2D eigenvalue weighted by atomic mass is 19.4. The molecular formula is C12H13F3N4O2. The van der Waals surface area contributed by atoms with Gasteiger partial charge in [0.15, 0.2) is 5.69 Å². The van der Waals surface area contributed by atoms with E-state index >= 15 is 0 Å². The Morgan fingerprint density at radius 2 is 1.95 bits per heavy atom. The lowest BCUT2D eigenvalue weighted by atomic mass is 10.2. The van der Waals surface area contributed by atoms with Gasteiger partial charge >= 0.3 is 6.18 Å². The molecule has 0 aliphatic carbocycles. The van der Waals surface area contributed by atoms with Crippen LogP contribution < -0.4 is 5.32 Å². The number of anilines is 1. The van der Waals surface area contributed by atoms with Gasteiger partial charge < -0.3 is 5.32 Å². The van der Waals surface area contributed by atoms with E-state index in [1.807, 2.05) is 0 Å². The fraction of sp³-hybridized carbons (Fsp3) is 0.500. The third-order valence-electron chi connectivity index (χ3n) is 2.98. The number of amides is 2. The lowest BCUT2D eigenvalue weighted by molar-refractivity contribution is -0.142. The van der Waals surface area contributed by atoms with E-state index in [1.165, 1.54) is 0 Å². The highest BCUT2D eigenvalue weighted by molar-refractivity contribution is 6.07. The summed E-state index contributed by atoms with van der Waals surface area (Å²) < 4.78 is 37.0. The van der Waals surface area contributed by atoms with E-state index in [-0.39, 0.29) is 24.2 Å². The van der Waals surface area contributed by atoms with Crippen molar-refractivity contribution in [1.29, 1.82) is 0 Å². The quantitative estimate of drug-likeness (QED) is 0.855. The summed E-state index contributed by atoms with van der Waals surface area (Å²) in [6, 6.07) is 0.740. The molecule has 2 heterocycles. The van der Waals surface area contributed by atoms with Crippen LogP contribution in [0, 0.1) is 0 Å². The summed E-state index contributed by atoms with van der Waals surface area (Å²) in [4.78, 5) is 24.8. The zero-order valence-electron chi connectivity index (χ0n) is 11.3. The van der Waals surface area contributed by atoms with Crippen LogP contribution in [0.2, 0.25) is 0 Å². The number of aromatic nitrogens is 2. The Morgan fingerprint density at radius 3 is 2.38 bits per heavy atom. The number of nitrogens with one attached hydrogen (secondary N) is 1. The van der Waals surface area contributed by atoms with Crippen LogP contribution in [-0.4, -0.2) is 39.0 Å². The first kappa shape index (κ1) is 15.2. The van der Waals surface area contributed by atoms with Gasteiger partial charge in [-0.3, -0.25) is 14.5 Å². The largest absolute Gasteiger partial charge is 0.435 e. The van der Waals surface area contributed by atoms with Gasteiger partial charge in [-0.1, -0.05) is 0 Å². The summed E-state index contributed by atoms with van der Waals surface area (Å²) in [6.45, 7) is 3.41. The SMILES string of the molecule is CC(C)N1C(=O)CC(Nc2ccc(C(F)(F)F)nn2)C1=O. The topological polar surface area (TPSA) is 75.2 Å². The first-order valence-corrected chi connectivity index (χ1v) is 6.23. The fourth-order valence-electron chi connectivity index (χ4n) is 2.05. The highest BCUT2D eigenvalue weighted by Crippen LogP contribution is 2.27. The molecule has 0 saturated carbocycles.